The van der Waals surface area contributed by atoms with Gasteiger partial charge in [-0.1, -0.05) is 18.2 Å². The van der Waals surface area contributed by atoms with Crippen LogP contribution in [0.25, 0.3) is 0 Å². The molecule has 2 rings (SSSR count). The standard InChI is InChI=1S/C15H14FNO3/c1-9(13-4-2-3-5-14(13)16)17-15(20)10-6-11(18)8-12(19)7-10/h2-9,18-19H,1H3,(H,17,20). The number of phenolic OH excluding ortho intramolecular Hbond substituents is 2. The fourth-order valence-corrected chi connectivity index (χ4v) is 1.91. The maximum atomic E-state index is 13.6. The molecule has 0 spiro atoms. The average molecular weight is 275 g/mol. The molecule has 0 saturated heterocycles. The van der Waals surface area contributed by atoms with Gasteiger partial charge in [-0.2, -0.15) is 0 Å². The van der Waals surface area contributed by atoms with Gasteiger partial charge in [0.2, 0.25) is 0 Å². The van der Waals surface area contributed by atoms with Gasteiger partial charge in [-0.05, 0) is 25.1 Å². The summed E-state index contributed by atoms with van der Waals surface area (Å²) >= 11 is 0. The Morgan fingerprint density at radius 2 is 1.75 bits per heavy atom. The molecule has 3 N–H and O–H groups in total. The Morgan fingerprint density at radius 3 is 2.35 bits per heavy atom. The lowest BCUT2D eigenvalue weighted by atomic mass is 10.1. The van der Waals surface area contributed by atoms with Crippen LogP contribution >= 0.6 is 0 Å². The first-order valence-corrected chi connectivity index (χ1v) is 6.05. The van der Waals surface area contributed by atoms with Gasteiger partial charge in [0.05, 0.1) is 6.04 Å². The summed E-state index contributed by atoms with van der Waals surface area (Å²) in [4.78, 5) is 12.0. The molecule has 1 unspecified atom stereocenters. The van der Waals surface area contributed by atoms with Gasteiger partial charge in [-0.25, -0.2) is 4.39 Å². The minimum Gasteiger partial charge on any atom is -0.508 e. The van der Waals surface area contributed by atoms with Gasteiger partial charge in [0, 0.05) is 17.2 Å². The number of nitrogens with one attached hydrogen (secondary N) is 1. The number of rotatable bonds is 3. The van der Waals surface area contributed by atoms with Crippen LogP contribution in [0.4, 0.5) is 4.39 Å². The molecule has 104 valence electrons. The number of halogens is 1. The molecule has 4 nitrogen and oxygen atoms in total. The Hall–Kier alpha value is -2.56. The summed E-state index contributed by atoms with van der Waals surface area (Å²) in [5, 5.41) is 21.3. The summed E-state index contributed by atoms with van der Waals surface area (Å²) in [6, 6.07) is 9.19. The third kappa shape index (κ3) is 3.06. The summed E-state index contributed by atoms with van der Waals surface area (Å²) in [7, 11) is 0. The van der Waals surface area contributed by atoms with Crippen molar-refractivity contribution in [1.29, 1.82) is 0 Å². The smallest absolute Gasteiger partial charge is 0.252 e. The van der Waals surface area contributed by atoms with Crippen LogP contribution < -0.4 is 5.32 Å². The molecule has 2 aromatic carbocycles. The molecule has 0 radical (unpaired) electrons. The number of benzene rings is 2. The third-order valence-electron chi connectivity index (χ3n) is 2.88. The Labute approximate surface area is 115 Å². The SMILES string of the molecule is CC(NC(=O)c1cc(O)cc(O)c1)c1ccccc1F. The van der Waals surface area contributed by atoms with Gasteiger partial charge in [-0.15, -0.1) is 0 Å². The highest BCUT2D eigenvalue weighted by atomic mass is 19.1. The van der Waals surface area contributed by atoms with Crippen LogP contribution in [0.1, 0.15) is 28.9 Å². The first kappa shape index (κ1) is 13.9. The fourth-order valence-electron chi connectivity index (χ4n) is 1.91. The van der Waals surface area contributed by atoms with E-state index in [1.165, 1.54) is 18.2 Å². The van der Waals surface area contributed by atoms with E-state index in [1.807, 2.05) is 0 Å². The Bertz CT molecular complexity index is 623. The van der Waals surface area contributed by atoms with E-state index in [1.54, 1.807) is 25.1 Å². The summed E-state index contributed by atoms with van der Waals surface area (Å²) < 4.78 is 13.6. The molecule has 0 aliphatic carbocycles. The zero-order valence-electron chi connectivity index (χ0n) is 10.8. The summed E-state index contributed by atoms with van der Waals surface area (Å²) in [5.74, 6) is -1.34. The van der Waals surface area contributed by atoms with Crippen molar-refractivity contribution in [3.63, 3.8) is 0 Å². The van der Waals surface area contributed by atoms with Crippen LogP contribution in [0.15, 0.2) is 42.5 Å². The Kier molecular flexibility index (Phi) is 3.89. The van der Waals surface area contributed by atoms with Crippen LogP contribution in [0.5, 0.6) is 11.5 Å². The number of hydrogen-bond acceptors (Lipinski definition) is 3. The molecule has 5 heteroatoms. The Morgan fingerprint density at radius 1 is 1.15 bits per heavy atom. The lowest BCUT2D eigenvalue weighted by Crippen LogP contribution is -2.27. The summed E-state index contributed by atoms with van der Waals surface area (Å²) in [6.45, 7) is 1.65. The fraction of sp³-hybridized carbons (Fsp3) is 0.133. The lowest BCUT2D eigenvalue weighted by Gasteiger charge is -2.15. The van der Waals surface area contributed by atoms with E-state index in [2.05, 4.69) is 5.32 Å². The highest BCUT2D eigenvalue weighted by molar-refractivity contribution is 5.95. The second-order valence-electron chi connectivity index (χ2n) is 4.45. The molecular weight excluding hydrogens is 261 g/mol. The quantitative estimate of drug-likeness (QED) is 0.806. The molecule has 0 heterocycles. The minimum atomic E-state index is -0.534. The summed E-state index contributed by atoms with van der Waals surface area (Å²) in [5.41, 5.74) is 0.468. The molecule has 0 aliphatic rings. The van der Waals surface area contributed by atoms with Crippen LogP contribution in [-0.2, 0) is 0 Å². The number of aromatic hydroxyl groups is 2. The highest BCUT2D eigenvalue weighted by Gasteiger charge is 2.15. The predicted molar refractivity (Wildman–Crippen MR) is 72.1 cm³/mol. The molecule has 20 heavy (non-hydrogen) atoms. The van der Waals surface area contributed by atoms with E-state index in [-0.39, 0.29) is 17.1 Å². The van der Waals surface area contributed by atoms with Crippen molar-refractivity contribution in [3.05, 3.63) is 59.4 Å². The molecular formula is C15H14FNO3. The highest BCUT2D eigenvalue weighted by Crippen LogP contribution is 2.22. The van der Waals surface area contributed by atoms with Gasteiger partial charge < -0.3 is 15.5 Å². The zero-order chi connectivity index (χ0) is 14.7. The van der Waals surface area contributed by atoms with E-state index in [0.29, 0.717) is 5.56 Å². The van der Waals surface area contributed by atoms with Crippen LogP contribution in [0, 0.1) is 5.82 Å². The van der Waals surface area contributed by atoms with Crippen LogP contribution in [-0.4, -0.2) is 16.1 Å². The number of hydrogen-bond donors (Lipinski definition) is 3. The summed E-state index contributed by atoms with van der Waals surface area (Å²) in [6.07, 6.45) is 0. The number of carbonyl (C=O) groups excluding carboxylic acids is 1. The molecule has 1 atom stereocenters. The first-order valence-electron chi connectivity index (χ1n) is 6.05. The van der Waals surface area contributed by atoms with Crippen molar-refractivity contribution in [2.45, 2.75) is 13.0 Å². The van der Waals surface area contributed by atoms with Gasteiger partial charge in [-0.3, -0.25) is 4.79 Å². The maximum Gasteiger partial charge on any atom is 0.252 e. The molecule has 0 bridgehead atoms. The lowest BCUT2D eigenvalue weighted by molar-refractivity contribution is 0.0938. The molecule has 1 amide bonds. The minimum absolute atomic E-state index is 0.102. The van der Waals surface area contributed by atoms with E-state index in [0.717, 1.165) is 6.07 Å². The van der Waals surface area contributed by atoms with Crippen LogP contribution in [0.3, 0.4) is 0 Å². The van der Waals surface area contributed by atoms with Gasteiger partial charge >= 0.3 is 0 Å². The molecule has 0 aromatic heterocycles. The third-order valence-corrected chi connectivity index (χ3v) is 2.88. The molecule has 2 aromatic rings. The second kappa shape index (κ2) is 5.61. The largest absolute Gasteiger partial charge is 0.508 e. The Balaban J connectivity index is 2.17. The van der Waals surface area contributed by atoms with E-state index >= 15 is 0 Å². The predicted octanol–water partition coefficient (Wildman–Crippen LogP) is 2.73. The monoisotopic (exact) mass is 275 g/mol. The van der Waals surface area contributed by atoms with Gasteiger partial charge in [0.1, 0.15) is 17.3 Å². The van der Waals surface area contributed by atoms with E-state index in [4.69, 9.17) is 0 Å². The molecule has 0 saturated carbocycles. The van der Waals surface area contributed by atoms with Crippen molar-refractivity contribution >= 4 is 5.91 Å². The number of amides is 1. The van der Waals surface area contributed by atoms with Gasteiger partial charge in [0.15, 0.2) is 0 Å². The number of phenols is 2. The van der Waals surface area contributed by atoms with Crippen molar-refractivity contribution < 1.29 is 19.4 Å². The molecule has 0 aliphatic heterocycles. The van der Waals surface area contributed by atoms with E-state index < -0.39 is 17.8 Å². The molecule has 0 fully saturated rings. The van der Waals surface area contributed by atoms with Crippen molar-refractivity contribution in [1.82, 2.24) is 5.32 Å². The van der Waals surface area contributed by atoms with Gasteiger partial charge in [0.25, 0.3) is 5.91 Å². The topological polar surface area (TPSA) is 69.6 Å². The van der Waals surface area contributed by atoms with Crippen LogP contribution in [0.2, 0.25) is 0 Å². The van der Waals surface area contributed by atoms with E-state index in [9.17, 15) is 19.4 Å². The zero-order valence-corrected chi connectivity index (χ0v) is 10.8. The average Bonchev–Trinajstić information content (AvgIpc) is 2.37. The van der Waals surface area contributed by atoms with Crippen molar-refractivity contribution in [2.24, 2.45) is 0 Å². The first-order chi connectivity index (χ1) is 9.47. The normalized spacial score (nSPS) is 11.9. The van der Waals surface area contributed by atoms with Crippen molar-refractivity contribution in [2.75, 3.05) is 0 Å². The second-order valence-corrected chi connectivity index (χ2v) is 4.45. The number of carbonyl (C=O) groups is 1. The maximum absolute atomic E-state index is 13.6. The van der Waals surface area contributed by atoms with Crippen molar-refractivity contribution in [3.8, 4) is 11.5 Å².